The number of carbonyl (C=O) groups is 1. The molecule has 1 aliphatic rings. The maximum Gasteiger partial charge on any atom is 1.00 e. The minimum Gasteiger partial charge on any atom is -1.00 e. The first kappa shape index (κ1) is 17.3. The molecular formula is C14H12N5NaO5. The largest absolute Gasteiger partial charge is 1.00 e. The van der Waals surface area contributed by atoms with Gasteiger partial charge in [-0.15, -0.1) is 0 Å². The normalized spacial score (nSPS) is 12.0. The van der Waals surface area contributed by atoms with E-state index in [0.29, 0.717) is 24.0 Å². The Morgan fingerprint density at radius 1 is 1.40 bits per heavy atom. The molecule has 0 radical (unpaired) electrons. The Labute approximate surface area is 163 Å². The van der Waals surface area contributed by atoms with Crippen LogP contribution < -0.4 is 49.9 Å². The molecule has 3 aromatic rings. The maximum atomic E-state index is 12.0. The standard InChI is InChI=1S/C14H11N5O5.Na.H/c20-11-8(12(21)22)5-16-14-17-13(18-19(11)14)15-4-7-1-2-9-10(3-7)24-6-23-9;;/h1-3,5H,4,6H2,(H,21,22)(H2,15,16,17,18);;/q;+1;-1. The van der Waals surface area contributed by atoms with Gasteiger partial charge in [0.2, 0.25) is 12.7 Å². The van der Waals surface area contributed by atoms with Crippen LogP contribution in [-0.2, 0) is 6.54 Å². The van der Waals surface area contributed by atoms with Gasteiger partial charge in [-0.1, -0.05) is 6.07 Å². The molecule has 25 heavy (non-hydrogen) atoms. The molecule has 0 bridgehead atoms. The van der Waals surface area contributed by atoms with E-state index in [1.165, 1.54) is 0 Å². The topological polar surface area (TPSA) is 131 Å². The van der Waals surface area contributed by atoms with Crippen LogP contribution in [-0.4, -0.2) is 37.5 Å². The summed E-state index contributed by atoms with van der Waals surface area (Å²) in [7, 11) is 0. The smallest absolute Gasteiger partial charge is 1.00 e. The molecule has 0 fully saturated rings. The number of carboxylic acids is 1. The molecule has 0 aliphatic carbocycles. The van der Waals surface area contributed by atoms with Crippen molar-refractivity contribution in [1.29, 1.82) is 0 Å². The van der Waals surface area contributed by atoms with Crippen molar-refractivity contribution in [2.45, 2.75) is 6.54 Å². The third-order valence-corrected chi connectivity index (χ3v) is 3.50. The number of rotatable bonds is 4. The Bertz CT molecular complexity index is 1020. The van der Waals surface area contributed by atoms with Crippen LogP contribution in [0.5, 0.6) is 11.5 Å². The summed E-state index contributed by atoms with van der Waals surface area (Å²) in [5.41, 5.74) is -0.235. The van der Waals surface area contributed by atoms with Crippen molar-refractivity contribution < 1.29 is 50.4 Å². The molecule has 0 saturated carbocycles. The minimum absolute atomic E-state index is 0. The van der Waals surface area contributed by atoms with E-state index in [-0.39, 0.29) is 43.6 Å². The van der Waals surface area contributed by atoms with Crippen LogP contribution in [0.25, 0.3) is 5.78 Å². The summed E-state index contributed by atoms with van der Waals surface area (Å²) in [5, 5.41) is 14.6. The zero-order valence-corrected chi connectivity index (χ0v) is 15.1. The summed E-state index contributed by atoms with van der Waals surface area (Å²) < 4.78 is 11.5. The number of aromatic amines is 1. The number of nitrogens with zero attached hydrogens (tertiary/aromatic N) is 3. The fourth-order valence-electron chi connectivity index (χ4n) is 2.32. The molecule has 10 nitrogen and oxygen atoms in total. The van der Waals surface area contributed by atoms with Crippen LogP contribution in [0.1, 0.15) is 17.3 Å². The quantitative estimate of drug-likeness (QED) is 0.442. The van der Waals surface area contributed by atoms with Crippen molar-refractivity contribution in [1.82, 2.24) is 19.6 Å². The van der Waals surface area contributed by atoms with Crippen molar-refractivity contribution in [3.63, 3.8) is 0 Å². The molecule has 4 rings (SSSR count). The molecule has 3 heterocycles. The van der Waals surface area contributed by atoms with E-state index >= 15 is 0 Å². The third-order valence-electron chi connectivity index (χ3n) is 3.50. The molecule has 0 atom stereocenters. The van der Waals surface area contributed by atoms with Crippen molar-refractivity contribution in [2.24, 2.45) is 0 Å². The molecule has 0 amide bonds. The molecule has 1 aromatic carbocycles. The minimum atomic E-state index is -1.34. The molecule has 11 heteroatoms. The SMILES string of the molecule is O=C(O)c1cnc2nc(NCc3ccc4c(c3)OCO4)[nH]n2c1=O.[H-].[Na+]. The number of anilines is 1. The number of nitrogens with one attached hydrogen (secondary N) is 2. The van der Waals surface area contributed by atoms with Crippen LogP contribution in [0, 0.1) is 0 Å². The fourth-order valence-corrected chi connectivity index (χ4v) is 2.32. The molecule has 0 unspecified atom stereocenters. The van der Waals surface area contributed by atoms with E-state index in [0.717, 1.165) is 16.3 Å². The van der Waals surface area contributed by atoms with Gasteiger partial charge in [-0.2, -0.15) is 9.50 Å². The van der Waals surface area contributed by atoms with Gasteiger partial charge in [-0.25, -0.2) is 9.78 Å². The first-order chi connectivity index (χ1) is 11.6. The van der Waals surface area contributed by atoms with Gasteiger partial charge >= 0.3 is 35.5 Å². The van der Waals surface area contributed by atoms with Crippen LogP contribution in [0.4, 0.5) is 5.95 Å². The average molecular weight is 353 g/mol. The number of hydrogen-bond acceptors (Lipinski definition) is 7. The second-order valence-corrected chi connectivity index (χ2v) is 5.03. The molecular weight excluding hydrogens is 341 g/mol. The van der Waals surface area contributed by atoms with Crippen LogP contribution in [0.15, 0.2) is 29.2 Å². The van der Waals surface area contributed by atoms with Gasteiger partial charge in [0.25, 0.3) is 11.3 Å². The monoisotopic (exact) mass is 353 g/mol. The summed E-state index contributed by atoms with van der Waals surface area (Å²) in [6, 6.07) is 5.52. The zero-order valence-electron chi connectivity index (χ0n) is 14.1. The number of benzene rings is 1. The maximum absolute atomic E-state index is 12.0. The van der Waals surface area contributed by atoms with E-state index in [9.17, 15) is 9.59 Å². The number of fused-ring (bicyclic) bond motifs is 2. The molecule has 3 N–H and O–H groups in total. The van der Waals surface area contributed by atoms with Gasteiger partial charge in [-0.05, 0) is 17.7 Å². The first-order valence-electron chi connectivity index (χ1n) is 6.95. The molecule has 1 aliphatic heterocycles. The fraction of sp³-hybridized carbons (Fsp3) is 0.143. The average Bonchev–Trinajstić information content (AvgIpc) is 3.19. The van der Waals surface area contributed by atoms with Crippen molar-refractivity contribution in [2.75, 3.05) is 12.1 Å². The van der Waals surface area contributed by atoms with Crippen molar-refractivity contribution in [3.8, 4) is 11.5 Å². The summed E-state index contributed by atoms with van der Waals surface area (Å²) in [5.74, 6) is 0.395. The zero-order chi connectivity index (χ0) is 16.7. The summed E-state index contributed by atoms with van der Waals surface area (Å²) >= 11 is 0. The summed E-state index contributed by atoms with van der Waals surface area (Å²) in [6.07, 6.45) is 0.989. The van der Waals surface area contributed by atoms with E-state index in [4.69, 9.17) is 14.6 Å². The third kappa shape index (κ3) is 3.18. The molecule has 0 spiro atoms. The van der Waals surface area contributed by atoms with Crippen molar-refractivity contribution in [3.05, 3.63) is 45.9 Å². The van der Waals surface area contributed by atoms with E-state index in [2.05, 4.69) is 20.4 Å². The number of hydrogen-bond donors (Lipinski definition) is 3. The second kappa shape index (κ2) is 6.75. The molecule has 2 aromatic heterocycles. The van der Waals surface area contributed by atoms with Crippen LogP contribution in [0.3, 0.4) is 0 Å². The van der Waals surface area contributed by atoms with Gasteiger partial charge in [-0.3, -0.25) is 9.89 Å². The van der Waals surface area contributed by atoms with Gasteiger partial charge in [0.1, 0.15) is 5.56 Å². The van der Waals surface area contributed by atoms with Crippen molar-refractivity contribution >= 4 is 17.7 Å². The Kier molecular flexibility index (Phi) is 4.66. The number of H-pyrrole nitrogens is 1. The summed E-state index contributed by atoms with van der Waals surface area (Å²) in [6.45, 7) is 0.618. The van der Waals surface area contributed by atoms with Crippen LogP contribution >= 0.6 is 0 Å². The van der Waals surface area contributed by atoms with Gasteiger partial charge in [0, 0.05) is 6.54 Å². The van der Waals surface area contributed by atoms with Gasteiger partial charge in [0.05, 0.1) is 6.20 Å². The Balaban J connectivity index is 0.00000121. The predicted molar refractivity (Wildman–Crippen MR) is 81.6 cm³/mol. The van der Waals surface area contributed by atoms with Crippen LogP contribution in [0.2, 0.25) is 0 Å². The van der Waals surface area contributed by atoms with E-state index in [1.807, 2.05) is 18.2 Å². The Hall–Kier alpha value is -2.56. The number of carboxylic acid groups (broad SMARTS) is 1. The number of aromatic nitrogens is 4. The predicted octanol–water partition coefficient (Wildman–Crippen LogP) is -2.43. The molecule has 0 saturated heterocycles. The van der Waals surface area contributed by atoms with E-state index in [1.54, 1.807) is 0 Å². The Morgan fingerprint density at radius 3 is 3.00 bits per heavy atom. The molecule has 124 valence electrons. The van der Waals surface area contributed by atoms with Gasteiger partial charge < -0.3 is 21.3 Å². The first-order valence-corrected chi connectivity index (χ1v) is 6.95. The number of aromatic carboxylic acids is 1. The van der Waals surface area contributed by atoms with E-state index < -0.39 is 17.1 Å². The number of ether oxygens (including phenoxy) is 2. The summed E-state index contributed by atoms with van der Waals surface area (Å²) in [4.78, 5) is 30.9. The Morgan fingerprint density at radius 2 is 2.20 bits per heavy atom. The van der Waals surface area contributed by atoms with Gasteiger partial charge in [0.15, 0.2) is 11.5 Å². The second-order valence-electron chi connectivity index (χ2n) is 5.03.